The Bertz CT molecular complexity index is 669. The molecular weight excluding hydrogens is 268 g/mol. The molecule has 0 aliphatic heterocycles. The topological polar surface area (TPSA) is 77.6 Å². The van der Waals surface area contributed by atoms with Crippen molar-refractivity contribution in [3.8, 4) is 5.75 Å². The Morgan fingerprint density at radius 2 is 1.95 bits per heavy atom. The van der Waals surface area contributed by atoms with Crippen LogP contribution in [-0.4, -0.2) is 17.4 Å². The monoisotopic (exact) mass is 285 g/mol. The highest BCUT2D eigenvalue weighted by molar-refractivity contribution is 5.90. The second-order valence-electron chi connectivity index (χ2n) is 4.49. The molecule has 3 N–H and O–H groups in total. The maximum atomic E-state index is 11.6. The number of hydrogen-bond acceptors (Lipinski definition) is 3. The highest BCUT2D eigenvalue weighted by atomic mass is 16.3. The standard InChI is InChI=1S/C15H16N4O2/c1-11-8-9-14(20)13(19(11)2)10-16-18-15(21)17-12-6-4-3-5-7-12/h3-10H,1-2H3,(H2,17,20,21)/p+1. The molecule has 0 aliphatic rings. The second kappa shape index (κ2) is 6.51. The molecule has 6 nitrogen and oxygen atoms in total. The van der Waals surface area contributed by atoms with Crippen molar-refractivity contribution in [1.29, 1.82) is 0 Å². The average molecular weight is 285 g/mol. The number of para-hydroxylation sites is 1. The van der Waals surface area contributed by atoms with Crippen molar-refractivity contribution in [2.24, 2.45) is 12.1 Å². The Kier molecular flexibility index (Phi) is 4.50. The van der Waals surface area contributed by atoms with Gasteiger partial charge in [-0.15, -0.1) is 0 Å². The summed E-state index contributed by atoms with van der Waals surface area (Å²) in [6.45, 7) is 1.91. The fourth-order valence-electron chi connectivity index (χ4n) is 1.74. The van der Waals surface area contributed by atoms with Crippen LogP contribution < -0.4 is 15.3 Å². The lowest BCUT2D eigenvalue weighted by atomic mass is 10.3. The first-order chi connectivity index (χ1) is 10.1. The number of hydrogen-bond donors (Lipinski definition) is 3. The number of benzene rings is 1. The third-order valence-corrected chi connectivity index (χ3v) is 3.02. The SMILES string of the molecule is Cc1ccc(O)c(C=NNC(=O)Nc2ccccc2)[n+]1C. The van der Waals surface area contributed by atoms with Crippen molar-refractivity contribution in [2.75, 3.05) is 5.32 Å². The third kappa shape index (κ3) is 3.79. The molecule has 0 bridgehead atoms. The van der Waals surface area contributed by atoms with Gasteiger partial charge < -0.3 is 10.4 Å². The predicted octanol–water partition coefficient (Wildman–Crippen LogP) is 1.68. The fraction of sp³-hybridized carbons (Fsp3) is 0.133. The molecule has 0 atom stereocenters. The van der Waals surface area contributed by atoms with E-state index in [2.05, 4.69) is 15.8 Å². The lowest BCUT2D eigenvalue weighted by Crippen LogP contribution is -2.37. The summed E-state index contributed by atoms with van der Waals surface area (Å²) in [6.07, 6.45) is 1.40. The van der Waals surface area contributed by atoms with Crippen LogP contribution in [0.4, 0.5) is 10.5 Å². The van der Waals surface area contributed by atoms with Crippen LogP contribution in [-0.2, 0) is 7.05 Å². The molecule has 1 aromatic carbocycles. The molecule has 0 saturated carbocycles. The molecule has 0 aliphatic carbocycles. The number of aryl methyl sites for hydroxylation is 1. The zero-order chi connectivity index (χ0) is 15.2. The van der Waals surface area contributed by atoms with Crippen LogP contribution in [0.5, 0.6) is 5.75 Å². The molecule has 2 aromatic rings. The fourth-order valence-corrected chi connectivity index (χ4v) is 1.74. The average Bonchev–Trinajstić information content (AvgIpc) is 2.48. The van der Waals surface area contributed by atoms with E-state index in [0.29, 0.717) is 11.4 Å². The van der Waals surface area contributed by atoms with Crippen LogP contribution in [0, 0.1) is 6.92 Å². The van der Waals surface area contributed by atoms with E-state index >= 15 is 0 Å². The minimum absolute atomic E-state index is 0.0946. The molecule has 6 heteroatoms. The van der Waals surface area contributed by atoms with Crippen molar-refractivity contribution in [3.05, 3.63) is 53.9 Å². The Morgan fingerprint density at radius 1 is 1.24 bits per heavy atom. The van der Waals surface area contributed by atoms with Crippen molar-refractivity contribution in [1.82, 2.24) is 5.43 Å². The maximum Gasteiger partial charge on any atom is 0.339 e. The summed E-state index contributed by atoms with van der Waals surface area (Å²) in [7, 11) is 1.81. The summed E-state index contributed by atoms with van der Waals surface area (Å²) in [4.78, 5) is 11.6. The molecule has 2 rings (SSSR count). The van der Waals surface area contributed by atoms with E-state index in [9.17, 15) is 9.90 Å². The van der Waals surface area contributed by atoms with Gasteiger partial charge in [-0.3, -0.25) is 0 Å². The lowest BCUT2D eigenvalue weighted by molar-refractivity contribution is -0.678. The van der Waals surface area contributed by atoms with E-state index < -0.39 is 6.03 Å². The highest BCUT2D eigenvalue weighted by Gasteiger charge is 2.13. The molecule has 0 spiro atoms. The minimum Gasteiger partial charge on any atom is -0.502 e. The van der Waals surface area contributed by atoms with Gasteiger partial charge in [0.05, 0.1) is 0 Å². The Hall–Kier alpha value is -2.89. The van der Waals surface area contributed by atoms with E-state index in [0.717, 1.165) is 5.69 Å². The Labute approximate surface area is 122 Å². The number of rotatable bonds is 3. The van der Waals surface area contributed by atoms with E-state index in [1.807, 2.05) is 25.1 Å². The van der Waals surface area contributed by atoms with Crippen molar-refractivity contribution in [3.63, 3.8) is 0 Å². The van der Waals surface area contributed by atoms with E-state index in [-0.39, 0.29) is 5.75 Å². The summed E-state index contributed by atoms with van der Waals surface area (Å²) < 4.78 is 1.77. The number of aromatic nitrogens is 1. The molecule has 0 unspecified atom stereocenters. The van der Waals surface area contributed by atoms with Gasteiger partial charge in [0, 0.05) is 18.7 Å². The number of hydrazone groups is 1. The number of carbonyl (C=O) groups is 1. The summed E-state index contributed by atoms with van der Waals surface area (Å²) in [6, 6.07) is 12.0. The Morgan fingerprint density at radius 3 is 2.67 bits per heavy atom. The van der Waals surface area contributed by atoms with Gasteiger partial charge in [0.15, 0.2) is 11.4 Å². The molecule has 0 fully saturated rings. The van der Waals surface area contributed by atoms with Gasteiger partial charge >= 0.3 is 6.03 Å². The van der Waals surface area contributed by atoms with Crippen LogP contribution in [0.15, 0.2) is 47.6 Å². The smallest absolute Gasteiger partial charge is 0.339 e. The van der Waals surface area contributed by atoms with Gasteiger partial charge in [0.1, 0.15) is 13.3 Å². The molecular formula is C15H17N4O2+. The molecule has 0 radical (unpaired) electrons. The summed E-state index contributed by atoms with van der Waals surface area (Å²) in [5.41, 5.74) is 4.49. The van der Waals surface area contributed by atoms with E-state index in [4.69, 9.17) is 0 Å². The number of aromatic hydroxyl groups is 1. The zero-order valence-electron chi connectivity index (χ0n) is 11.9. The highest BCUT2D eigenvalue weighted by Crippen LogP contribution is 2.10. The third-order valence-electron chi connectivity index (χ3n) is 3.02. The number of pyridine rings is 1. The molecule has 21 heavy (non-hydrogen) atoms. The minimum atomic E-state index is -0.452. The van der Waals surface area contributed by atoms with Crippen LogP contribution in [0.3, 0.4) is 0 Å². The van der Waals surface area contributed by atoms with Gasteiger partial charge in [-0.25, -0.2) is 10.2 Å². The van der Waals surface area contributed by atoms with Gasteiger partial charge in [-0.2, -0.15) is 9.67 Å². The normalized spacial score (nSPS) is 10.6. The number of urea groups is 1. The molecule has 1 aromatic heterocycles. The first kappa shape index (κ1) is 14.5. The summed E-state index contributed by atoms with van der Waals surface area (Å²) >= 11 is 0. The van der Waals surface area contributed by atoms with Gasteiger partial charge in [-0.1, -0.05) is 18.2 Å². The number of nitrogens with one attached hydrogen (secondary N) is 2. The predicted molar refractivity (Wildman–Crippen MR) is 80.2 cm³/mol. The van der Waals surface area contributed by atoms with Gasteiger partial charge in [0.2, 0.25) is 0 Å². The quantitative estimate of drug-likeness (QED) is 0.456. The van der Waals surface area contributed by atoms with Crippen LogP contribution in [0.25, 0.3) is 0 Å². The molecule has 108 valence electrons. The van der Waals surface area contributed by atoms with Crippen LogP contribution >= 0.6 is 0 Å². The second-order valence-corrected chi connectivity index (χ2v) is 4.49. The first-order valence-corrected chi connectivity index (χ1v) is 6.41. The summed E-state index contributed by atoms with van der Waals surface area (Å²) in [5, 5.41) is 16.2. The van der Waals surface area contributed by atoms with Crippen LogP contribution in [0.1, 0.15) is 11.4 Å². The largest absolute Gasteiger partial charge is 0.502 e. The van der Waals surface area contributed by atoms with Crippen LogP contribution in [0.2, 0.25) is 0 Å². The first-order valence-electron chi connectivity index (χ1n) is 6.41. The Balaban J connectivity index is 2.00. The van der Waals surface area contributed by atoms with Crippen molar-refractivity contribution < 1.29 is 14.5 Å². The number of anilines is 1. The van der Waals surface area contributed by atoms with E-state index in [1.165, 1.54) is 6.21 Å². The van der Waals surface area contributed by atoms with Crippen molar-refractivity contribution in [2.45, 2.75) is 6.92 Å². The molecule has 2 amide bonds. The zero-order valence-corrected chi connectivity index (χ0v) is 11.9. The lowest BCUT2D eigenvalue weighted by Gasteiger charge is -2.03. The number of amides is 2. The molecule has 1 heterocycles. The molecule has 0 saturated heterocycles. The number of carbonyl (C=O) groups excluding carboxylic acids is 1. The van der Waals surface area contributed by atoms with Gasteiger partial charge in [-0.05, 0) is 18.2 Å². The maximum absolute atomic E-state index is 11.6. The van der Waals surface area contributed by atoms with E-state index in [1.54, 1.807) is 35.9 Å². The number of nitrogens with zero attached hydrogens (tertiary/aromatic N) is 2. The van der Waals surface area contributed by atoms with Crippen molar-refractivity contribution >= 4 is 17.9 Å². The summed E-state index contributed by atoms with van der Waals surface area (Å²) in [5.74, 6) is 0.0946. The van der Waals surface area contributed by atoms with Gasteiger partial charge in [0.25, 0.3) is 5.69 Å².